The van der Waals surface area contributed by atoms with Crippen LogP contribution in [0, 0.1) is 6.92 Å². The summed E-state index contributed by atoms with van der Waals surface area (Å²) in [5, 5.41) is 2.89. The maximum absolute atomic E-state index is 12.0. The highest BCUT2D eigenvalue weighted by atomic mass is 35.5. The molecule has 2 rings (SSSR count). The fraction of sp³-hybridized carbons (Fsp3) is 0.200. The quantitative estimate of drug-likeness (QED) is 0.871. The van der Waals surface area contributed by atoms with E-state index >= 15 is 0 Å². The molecule has 0 unspecified atom stereocenters. The van der Waals surface area contributed by atoms with Crippen LogP contribution in [0.4, 0.5) is 0 Å². The molecule has 0 radical (unpaired) electrons. The molecule has 0 bridgehead atoms. The number of rotatable bonds is 4. The van der Waals surface area contributed by atoms with E-state index in [9.17, 15) is 4.79 Å². The first-order valence-corrected chi connectivity index (χ1v) is 6.58. The van der Waals surface area contributed by atoms with Crippen LogP contribution in [-0.2, 0) is 12.4 Å². The van der Waals surface area contributed by atoms with Crippen molar-refractivity contribution in [1.82, 2.24) is 10.3 Å². The normalized spacial score (nSPS) is 10.2. The first-order valence-electron chi connectivity index (χ1n) is 6.04. The number of benzene rings is 1. The van der Waals surface area contributed by atoms with Crippen molar-refractivity contribution in [1.29, 1.82) is 0 Å². The van der Waals surface area contributed by atoms with Crippen molar-refractivity contribution >= 4 is 17.5 Å². The van der Waals surface area contributed by atoms with Gasteiger partial charge in [-0.15, -0.1) is 11.6 Å². The number of amides is 1. The molecule has 1 N–H and O–H groups in total. The molecule has 0 aliphatic rings. The minimum absolute atomic E-state index is 0.109. The third-order valence-electron chi connectivity index (χ3n) is 2.85. The van der Waals surface area contributed by atoms with Crippen molar-refractivity contribution in [2.24, 2.45) is 0 Å². The molecule has 0 aliphatic heterocycles. The molecule has 0 spiro atoms. The second-order valence-electron chi connectivity index (χ2n) is 4.27. The summed E-state index contributed by atoms with van der Waals surface area (Å²) in [4.78, 5) is 16.1. The van der Waals surface area contributed by atoms with Crippen molar-refractivity contribution in [2.45, 2.75) is 19.3 Å². The summed E-state index contributed by atoms with van der Waals surface area (Å²) in [5.74, 6) is 0.366. The Morgan fingerprint density at radius 1 is 1.26 bits per heavy atom. The van der Waals surface area contributed by atoms with Crippen LogP contribution in [0.25, 0.3) is 0 Å². The van der Waals surface area contributed by atoms with Crippen LogP contribution in [0.2, 0.25) is 0 Å². The Labute approximate surface area is 117 Å². The average Bonchev–Trinajstić information content (AvgIpc) is 2.45. The van der Waals surface area contributed by atoms with Gasteiger partial charge in [-0.25, -0.2) is 0 Å². The van der Waals surface area contributed by atoms with E-state index < -0.39 is 0 Å². The van der Waals surface area contributed by atoms with Crippen LogP contribution >= 0.6 is 11.6 Å². The Bertz CT molecular complexity index is 584. The highest BCUT2D eigenvalue weighted by Crippen LogP contribution is 2.08. The number of carbonyl (C=O) groups excluding carboxylic acids is 1. The number of carbonyl (C=O) groups is 1. The maximum atomic E-state index is 12.0. The fourth-order valence-corrected chi connectivity index (χ4v) is 1.99. The Hall–Kier alpha value is -1.87. The molecular weight excluding hydrogens is 260 g/mol. The van der Waals surface area contributed by atoms with Gasteiger partial charge in [0.15, 0.2) is 0 Å². The number of aromatic nitrogens is 1. The Kier molecular flexibility index (Phi) is 4.53. The Morgan fingerprint density at radius 3 is 2.79 bits per heavy atom. The van der Waals surface area contributed by atoms with E-state index in [0.29, 0.717) is 18.0 Å². The molecule has 0 atom stereocenters. The monoisotopic (exact) mass is 274 g/mol. The number of nitrogens with zero attached hydrogens (tertiary/aromatic N) is 1. The third-order valence-corrected chi connectivity index (χ3v) is 3.16. The van der Waals surface area contributed by atoms with Crippen LogP contribution in [-0.4, -0.2) is 10.9 Å². The summed E-state index contributed by atoms with van der Waals surface area (Å²) in [6.45, 7) is 2.31. The van der Waals surface area contributed by atoms with E-state index in [0.717, 1.165) is 16.8 Å². The topological polar surface area (TPSA) is 42.0 Å². The molecule has 3 nitrogen and oxygen atoms in total. The highest BCUT2D eigenvalue weighted by Gasteiger charge is 2.08. The standard InChI is InChI=1S/C15H15ClN2O/c1-11-14(6-3-7-17-11)15(19)18-10-13-5-2-4-12(8-13)9-16/h2-8H,9-10H2,1H3,(H,18,19). The molecule has 1 amide bonds. The van der Waals surface area contributed by atoms with E-state index in [1.165, 1.54) is 0 Å². The zero-order chi connectivity index (χ0) is 13.7. The lowest BCUT2D eigenvalue weighted by molar-refractivity contribution is 0.0950. The first-order chi connectivity index (χ1) is 9.20. The van der Waals surface area contributed by atoms with E-state index in [2.05, 4.69) is 10.3 Å². The third kappa shape index (κ3) is 3.55. The molecule has 0 saturated heterocycles. The smallest absolute Gasteiger partial charge is 0.253 e. The summed E-state index contributed by atoms with van der Waals surface area (Å²) in [7, 11) is 0. The number of pyridine rings is 1. The van der Waals surface area contributed by atoms with Crippen molar-refractivity contribution in [3.8, 4) is 0 Å². The highest BCUT2D eigenvalue weighted by molar-refractivity contribution is 6.17. The second-order valence-corrected chi connectivity index (χ2v) is 4.54. The first kappa shape index (κ1) is 13.6. The molecule has 1 aromatic carbocycles. The average molecular weight is 275 g/mol. The molecule has 0 saturated carbocycles. The van der Waals surface area contributed by atoms with Crippen LogP contribution in [0.1, 0.15) is 27.2 Å². The molecule has 2 aromatic rings. The van der Waals surface area contributed by atoms with Gasteiger partial charge >= 0.3 is 0 Å². The largest absolute Gasteiger partial charge is 0.348 e. The zero-order valence-electron chi connectivity index (χ0n) is 10.7. The van der Waals surface area contributed by atoms with Gasteiger partial charge in [0.25, 0.3) is 5.91 Å². The minimum Gasteiger partial charge on any atom is -0.348 e. The molecule has 1 heterocycles. The summed E-state index contributed by atoms with van der Waals surface area (Å²) < 4.78 is 0. The van der Waals surface area contributed by atoms with Gasteiger partial charge in [0.2, 0.25) is 0 Å². The lowest BCUT2D eigenvalue weighted by Crippen LogP contribution is -2.23. The number of halogens is 1. The fourth-order valence-electron chi connectivity index (χ4n) is 1.82. The molecule has 19 heavy (non-hydrogen) atoms. The van der Waals surface area contributed by atoms with Crippen LogP contribution in [0.5, 0.6) is 0 Å². The van der Waals surface area contributed by atoms with Gasteiger partial charge in [0.05, 0.1) is 5.56 Å². The summed E-state index contributed by atoms with van der Waals surface area (Å²) in [5.41, 5.74) is 3.42. The van der Waals surface area contributed by atoms with E-state index in [-0.39, 0.29) is 5.91 Å². The van der Waals surface area contributed by atoms with E-state index in [4.69, 9.17) is 11.6 Å². The lowest BCUT2D eigenvalue weighted by Gasteiger charge is -2.07. The van der Waals surface area contributed by atoms with Crippen LogP contribution in [0.15, 0.2) is 42.6 Å². The van der Waals surface area contributed by atoms with Gasteiger partial charge in [-0.3, -0.25) is 9.78 Å². The number of hydrogen-bond acceptors (Lipinski definition) is 2. The van der Waals surface area contributed by atoms with Gasteiger partial charge in [-0.2, -0.15) is 0 Å². The lowest BCUT2D eigenvalue weighted by atomic mass is 10.1. The molecule has 4 heteroatoms. The molecule has 1 aromatic heterocycles. The minimum atomic E-state index is -0.109. The van der Waals surface area contributed by atoms with Gasteiger partial charge in [-0.05, 0) is 30.2 Å². The summed E-state index contributed by atoms with van der Waals surface area (Å²) in [6.07, 6.45) is 1.68. The molecule has 0 aliphatic carbocycles. The van der Waals surface area contributed by atoms with Gasteiger partial charge in [0, 0.05) is 24.3 Å². The van der Waals surface area contributed by atoms with Gasteiger partial charge in [-0.1, -0.05) is 24.3 Å². The summed E-state index contributed by atoms with van der Waals surface area (Å²) in [6, 6.07) is 11.4. The van der Waals surface area contributed by atoms with E-state index in [1.807, 2.05) is 31.2 Å². The van der Waals surface area contributed by atoms with Crippen molar-refractivity contribution < 1.29 is 4.79 Å². The maximum Gasteiger partial charge on any atom is 0.253 e. The molecular formula is C15H15ClN2O. The molecule has 0 fully saturated rings. The predicted octanol–water partition coefficient (Wildman–Crippen LogP) is 3.06. The number of aryl methyl sites for hydroxylation is 1. The number of alkyl halides is 1. The number of nitrogens with one attached hydrogen (secondary N) is 1. The predicted molar refractivity (Wildman–Crippen MR) is 76.1 cm³/mol. The second kappa shape index (κ2) is 6.34. The SMILES string of the molecule is Cc1ncccc1C(=O)NCc1cccc(CCl)c1. The van der Waals surface area contributed by atoms with Gasteiger partial charge < -0.3 is 5.32 Å². The van der Waals surface area contributed by atoms with Gasteiger partial charge in [0.1, 0.15) is 0 Å². The van der Waals surface area contributed by atoms with Crippen LogP contribution < -0.4 is 5.32 Å². The van der Waals surface area contributed by atoms with Crippen molar-refractivity contribution in [3.05, 3.63) is 65.0 Å². The summed E-state index contributed by atoms with van der Waals surface area (Å²) >= 11 is 5.78. The Balaban J connectivity index is 2.02. The number of hydrogen-bond donors (Lipinski definition) is 1. The van der Waals surface area contributed by atoms with E-state index in [1.54, 1.807) is 18.3 Å². The molecule has 98 valence electrons. The van der Waals surface area contributed by atoms with Crippen molar-refractivity contribution in [2.75, 3.05) is 0 Å². The van der Waals surface area contributed by atoms with Crippen molar-refractivity contribution in [3.63, 3.8) is 0 Å². The Morgan fingerprint density at radius 2 is 2.05 bits per heavy atom. The van der Waals surface area contributed by atoms with Crippen LogP contribution in [0.3, 0.4) is 0 Å². The zero-order valence-corrected chi connectivity index (χ0v) is 11.4.